The summed E-state index contributed by atoms with van der Waals surface area (Å²) < 4.78 is 21.4. The number of ether oxygens (including phenoxy) is 1. The van der Waals surface area contributed by atoms with Crippen molar-refractivity contribution in [2.45, 2.75) is 44.4 Å². The van der Waals surface area contributed by atoms with Crippen LogP contribution in [0, 0.1) is 0 Å². The first-order valence-electron chi connectivity index (χ1n) is 11.1. The second-order valence-corrected chi connectivity index (χ2v) is 10.7. The van der Waals surface area contributed by atoms with Crippen molar-refractivity contribution in [1.29, 1.82) is 0 Å². The van der Waals surface area contributed by atoms with E-state index >= 15 is 0 Å². The zero-order chi connectivity index (χ0) is 25.5. The second-order valence-electron chi connectivity index (χ2n) is 9.13. The van der Waals surface area contributed by atoms with E-state index in [1.165, 1.54) is 25.6 Å². The van der Waals surface area contributed by atoms with Crippen LogP contribution in [0.1, 0.15) is 59.5 Å². The Morgan fingerprint density at radius 1 is 1.03 bits per heavy atom. The second kappa shape index (κ2) is 9.43. The molecule has 4 rings (SSSR count). The summed E-state index contributed by atoms with van der Waals surface area (Å²) >= 11 is 6.36. The molecule has 0 fully saturated rings. The van der Waals surface area contributed by atoms with Crippen LogP contribution in [0.2, 0.25) is 5.02 Å². The smallest absolute Gasteiger partial charge is 0.268 e. The average Bonchev–Trinajstić information content (AvgIpc) is 3.10. The fourth-order valence-electron chi connectivity index (χ4n) is 4.05. The number of nitrogens with zero attached hydrogens (tertiary/aromatic N) is 2. The van der Waals surface area contributed by atoms with Crippen LogP contribution in [-0.2, 0) is 22.8 Å². The number of amides is 2. The summed E-state index contributed by atoms with van der Waals surface area (Å²) in [6, 6.07) is 10.5. The highest BCUT2D eigenvalue weighted by molar-refractivity contribution is 7.86. The molecule has 0 spiro atoms. The van der Waals surface area contributed by atoms with E-state index in [1.54, 1.807) is 18.2 Å². The van der Waals surface area contributed by atoms with Crippen LogP contribution in [0.4, 0.5) is 11.4 Å². The lowest BCUT2D eigenvalue weighted by Gasteiger charge is -2.19. The molecular weight excluding hydrogens is 486 g/mol. The fourth-order valence-corrected chi connectivity index (χ4v) is 5.16. The topological polar surface area (TPSA) is 88.6 Å². The van der Waals surface area contributed by atoms with Crippen LogP contribution in [0.15, 0.2) is 53.7 Å². The summed E-state index contributed by atoms with van der Waals surface area (Å²) in [6.45, 7) is 8.20. The molecule has 0 radical (unpaired) electrons. The van der Waals surface area contributed by atoms with E-state index in [0.29, 0.717) is 28.3 Å². The summed E-state index contributed by atoms with van der Waals surface area (Å²) in [6.07, 6.45) is 3.51. The number of hydrogen-bond donors (Lipinski definition) is 1. The van der Waals surface area contributed by atoms with Gasteiger partial charge in [-0.2, -0.15) is 0 Å². The molecule has 1 unspecified atom stereocenters. The summed E-state index contributed by atoms with van der Waals surface area (Å²) in [5, 5.41) is 0.139. The number of fused-ring (bicyclic) bond motifs is 1. The minimum atomic E-state index is -1.67. The Hall–Kier alpha value is -3.23. The number of halogens is 1. The van der Waals surface area contributed by atoms with E-state index in [0.717, 1.165) is 10.5 Å². The van der Waals surface area contributed by atoms with Gasteiger partial charge in [0, 0.05) is 5.56 Å². The minimum absolute atomic E-state index is 0.0347. The molecule has 3 aromatic rings. The third-order valence-corrected chi connectivity index (χ3v) is 7.36. The first-order chi connectivity index (χ1) is 16.6. The molecule has 7 nitrogen and oxygen atoms in total. The monoisotopic (exact) mass is 511 g/mol. The number of hydrogen-bond acceptors (Lipinski definition) is 5. The van der Waals surface area contributed by atoms with Crippen molar-refractivity contribution in [3.63, 3.8) is 0 Å². The molecule has 0 aliphatic carbocycles. The largest absolute Gasteiger partial charge is 0.495 e. The zero-order valence-corrected chi connectivity index (χ0v) is 21.7. The quantitative estimate of drug-likeness (QED) is 0.439. The first kappa shape index (κ1) is 24.9. The molecule has 0 saturated heterocycles. The molecule has 1 aromatic heterocycles. The van der Waals surface area contributed by atoms with Crippen LogP contribution in [0.5, 0.6) is 5.75 Å². The fraction of sp³-hybridized carbons (Fsp3) is 0.269. The van der Waals surface area contributed by atoms with Gasteiger partial charge < -0.3 is 9.46 Å². The number of aromatic nitrogens is 1. The molecule has 2 aromatic carbocycles. The van der Waals surface area contributed by atoms with Crippen LogP contribution in [0.25, 0.3) is 0 Å². The van der Waals surface area contributed by atoms with E-state index in [1.807, 2.05) is 19.1 Å². The lowest BCUT2D eigenvalue weighted by molar-refractivity contribution is 0.0926. The van der Waals surface area contributed by atoms with Gasteiger partial charge in [0.1, 0.15) is 16.7 Å². The highest BCUT2D eigenvalue weighted by atomic mass is 35.5. The molecule has 2 heterocycles. The van der Waals surface area contributed by atoms with Crippen molar-refractivity contribution >= 4 is 45.8 Å². The zero-order valence-electron chi connectivity index (χ0n) is 20.1. The molecule has 182 valence electrons. The standard InChI is InChI=1S/C26H26ClN3O4S/c1-6-17-20(13-28-14-21(17)34-5)30-24(31)22-18(27)11-12-19(23(22)25(30)32)29-35(33)16-9-7-15(8-10-16)26(2,3)4/h7-14,29H,6H2,1-5H3. The third-order valence-electron chi connectivity index (χ3n) is 5.94. The maximum atomic E-state index is 13.6. The Morgan fingerprint density at radius 2 is 1.69 bits per heavy atom. The third kappa shape index (κ3) is 4.44. The van der Waals surface area contributed by atoms with Crippen LogP contribution in [0.3, 0.4) is 0 Å². The van der Waals surface area contributed by atoms with Gasteiger partial charge in [0.25, 0.3) is 11.8 Å². The molecule has 0 bridgehead atoms. The predicted molar refractivity (Wildman–Crippen MR) is 138 cm³/mol. The Balaban J connectivity index is 1.72. The van der Waals surface area contributed by atoms with Crippen LogP contribution in [-0.4, -0.2) is 28.1 Å². The van der Waals surface area contributed by atoms with Gasteiger partial charge in [-0.3, -0.25) is 14.6 Å². The van der Waals surface area contributed by atoms with Gasteiger partial charge in [0.2, 0.25) is 0 Å². The van der Waals surface area contributed by atoms with Crippen molar-refractivity contribution < 1.29 is 18.5 Å². The molecule has 1 aliphatic heterocycles. The maximum absolute atomic E-state index is 13.6. The number of pyridine rings is 1. The molecule has 0 saturated carbocycles. The highest BCUT2D eigenvalue weighted by Crippen LogP contribution is 2.40. The Morgan fingerprint density at radius 3 is 2.29 bits per heavy atom. The van der Waals surface area contributed by atoms with E-state index in [4.69, 9.17) is 16.3 Å². The molecule has 9 heteroatoms. The number of rotatable bonds is 6. The number of carbonyl (C=O) groups is 2. The average molecular weight is 512 g/mol. The van der Waals surface area contributed by atoms with Crippen LogP contribution >= 0.6 is 11.6 Å². The summed E-state index contributed by atoms with van der Waals surface area (Å²) in [5.74, 6) is -0.658. The first-order valence-corrected chi connectivity index (χ1v) is 12.6. The van der Waals surface area contributed by atoms with Gasteiger partial charge in [-0.1, -0.05) is 51.4 Å². The molecule has 2 amide bonds. The Kier molecular flexibility index (Phi) is 6.71. The number of carbonyl (C=O) groups excluding carboxylic acids is 2. The molecule has 1 atom stereocenters. The summed E-state index contributed by atoms with van der Waals surface area (Å²) in [7, 11) is -0.164. The lowest BCUT2D eigenvalue weighted by atomic mass is 9.87. The van der Waals surface area contributed by atoms with Crippen molar-refractivity contribution in [2.75, 3.05) is 16.7 Å². The van der Waals surface area contributed by atoms with E-state index < -0.39 is 22.8 Å². The number of imide groups is 1. The SMILES string of the molecule is CCc1c(OC)cncc1N1C(=O)c2c(Cl)ccc(NS(=O)c3ccc(C(C)(C)C)cc3)c2C1=O. The van der Waals surface area contributed by atoms with Gasteiger partial charge in [-0.05, 0) is 41.7 Å². The van der Waals surface area contributed by atoms with Crippen molar-refractivity contribution in [1.82, 2.24) is 4.98 Å². The van der Waals surface area contributed by atoms with E-state index in [9.17, 15) is 13.8 Å². The van der Waals surface area contributed by atoms with Gasteiger partial charge in [-0.25, -0.2) is 9.11 Å². The summed E-state index contributed by atoms with van der Waals surface area (Å²) in [5.41, 5.74) is 2.48. The van der Waals surface area contributed by atoms with Gasteiger partial charge in [-0.15, -0.1) is 0 Å². The molecule has 1 aliphatic rings. The van der Waals surface area contributed by atoms with E-state index in [2.05, 4.69) is 30.5 Å². The number of nitrogens with one attached hydrogen (secondary N) is 1. The molecule has 1 N–H and O–H groups in total. The van der Waals surface area contributed by atoms with Gasteiger partial charge in [0.15, 0.2) is 0 Å². The maximum Gasteiger partial charge on any atom is 0.268 e. The van der Waals surface area contributed by atoms with Crippen molar-refractivity contribution in [3.05, 3.63) is 76.1 Å². The van der Waals surface area contributed by atoms with Crippen molar-refractivity contribution in [3.8, 4) is 5.75 Å². The number of methoxy groups -OCH3 is 1. The van der Waals surface area contributed by atoms with Gasteiger partial charge in [0.05, 0.1) is 51.9 Å². The lowest BCUT2D eigenvalue weighted by Crippen LogP contribution is -2.30. The Bertz CT molecular complexity index is 1350. The molecular formula is C26H26ClN3O4S. The normalized spacial score (nSPS) is 14.2. The van der Waals surface area contributed by atoms with E-state index in [-0.39, 0.29) is 27.3 Å². The number of benzene rings is 2. The predicted octanol–water partition coefficient (Wildman–Crippen LogP) is 5.54. The minimum Gasteiger partial charge on any atom is -0.495 e. The Labute approximate surface area is 212 Å². The number of anilines is 2. The highest BCUT2D eigenvalue weighted by Gasteiger charge is 2.42. The van der Waals surface area contributed by atoms with Gasteiger partial charge >= 0.3 is 0 Å². The van der Waals surface area contributed by atoms with Crippen molar-refractivity contribution in [2.24, 2.45) is 0 Å². The molecule has 35 heavy (non-hydrogen) atoms. The van der Waals surface area contributed by atoms with Crippen LogP contribution < -0.4 is 14.4 Å². The summed E-state index contributed by atoms with van der Waals surface area (Å²) in [4.78, 5) is 32.7.